The molecule has 4 aromatic rings. The van der Waals surface area contributed by atoms with Crippen LogP contribution in [-0.2, 0) is 35.6 Å². The number of benzene rings is 4. The van der Waals surface area contributed by atoms with Crippen LogP contribution in [0.4, 0.5) is 20.2 Å². The van der Waals surface area contributed by atoms with Gasteiger partial charge in [-0.15, -0.1) is 0 Å². The van der Waals surface area contributed by atoms with Crippen molar-refractivity contribution in [3.8, 4) is 11.5 Å². The number of aryl methyl sites for hydroxylation is 1. The maximum absolute atomic E-state index is 13.8. The summed E-state index contributed by atoms with van der Waals surface area (Å²) in [7, 11) is 0. The molecule has 4 rings (SSSR count). The van der Waals surface area contributed by atoms with Crippen molar-refractivity contribution in [3.63, 3.8) is 0 Å². The average molecular weight is 875 g/mol. The number of nitrogens with one attached hydrogen (secondary N) is 2. The number of rotatable bonds is 17. The van der Waals surface area contributed by atoms with Crippen molar-refractivity contribution in [1.29, 1.82) is 0 Å². The van der Waals surface area contributed by atoms with Crippen LogP contribution in [0.2, 0.25) is 10.0 Å². The van der Waals surface area contributed by atoms with E-state index in [1.807, 2.05) is 32.0 Å². The van der Waals surface area contributed by atoms with Crippen LogP contribution in [0.3, 0.4) is 0 Å². The second kappa shape index (κ2) is 21.1. The number of carboxylic acid groups (broad SMARTS) is 2. The zero-order chi connectivity index (χ0) is 37.5. The number of hydrogen-bond acceptors (Lipinski definition) is 6. The highest BCUT2D eigenvalue weighted by Gasteiger charge is 2.14. The van der Waals surface area contributed by atoms with Crippen LogP contribution < -0.4 is 20.1 Å². The molecule has 0 aromatic heterocycles. The van der Waals surface area contributed by atoms with E-state index in [0.29, 0.717) is 37.9 Å². The van der Waals surface area contributed by atoms with E-state index in [-0.39, 0.29) is 53.5 Å². The van der Waals surface area contributed by atoms with Gasteiger partial charge in [-0.05, 0) is 134 Å². The van der Waals surface area contributed by atoms with Gasteiger partial charge in [0.1, 0.15) is 30.6 Å². The monoisotopic (exact) mass is 872 g/mol. The Hall–Kier alpha value is -3.58. The highest BCUT2D eigenvalue weighted by molar-refractivity contribution is 9.11. The standard InChI is InChI=1S/C19H20Br2FNO3.C18H18Cl2FNO3/c1-2-5-23-15-7-13(6-14(22)10-15)11-26-19-16(20)8-12(9-17(19)21)3-4-18(24)25;1-2-3-22-14-5-12(4-13(21)9-14)10-25-18-15(19)6-11(7-16(18)20)8-17(23)24/h6-10,23H,2-5,11H2,1H3,(H,24,25);4-7,9,22H,2-3,8,10H2,1H3,(H,23,24). The molecule has 0 aliphatic rings. The van der Waals surface area contributed by atoms with Crippen LogP contribution in [0.1, 0.15) is 55.4 Å². The Labute approximate surface area is 322 Å². The smallest absolute Gasteiger partial charge is 0.307 e. The minimum absolute atomic E-state index is 0.0654. The Morgan fingerprint density at radius 3 is 1.57 bits per heavy atom. The second-order valence-electron chi connectivity index (χ2n) is 11.4. The van der Waals surface area contributed by atoms with Gasteiger partial charge in [0.15, 0.2) is 5.75 Å². The fourth-order valence-electron chi connectivity index (χ4n) is 4.69. The van der Waals surface area contributed by atoms with Gasteiger partial charge >= 0.3 is 11.9 Å². The minimum atomic E-state index is -0.979. The molecule has 4 aromatic carbocycles. The summed E-state index contributed by atoms with van der Waals surface area (Å²) in [6, 6.07) is 16.0. The highest BCUT2D eigenvalue weighted by Crippen LogP contribution is 2.37. The number of anilines is 2. The number of aliphatic carboxylic acids is 2. The zero-order valence-electron chi connectivity index (χ0n) is 27.9. The van der Waals surface area contributed by atoms with E-state index in [1.165, 1.54) is 36.4 Å². The number of hydrogen-bond donors (Lipinski definition) is 4. The van der Waals surface area contributed by atoms with Gasteiger partial charge in [-0.25, -0.2) is 8.78 Å². The van der Waals surface area contributed by atoms with Gasteiger partial charge in [0.05, 0.1) is 25.4 Å². The second-order valence-corrected chi connectivity index (χ2v) is 13.9. The van der Waals surface area contributed by atoms with Crippen LogP contribution >= 0.6 is 55.1 Å². The van der Waals surface area contributed by atoms with Crippen molar-refractivity contribution < 1.29 is 38.1 Å². The lowest BCUT2D eigenvalue weighted by molar-refractivity contribution is -0.137. The van der Waals surface area contributed by atoms with Gasteiger partial charge in [-0.1, -0.05) is 37.0 Å². The molecule has 0 atom stereocenters. The predicted octanol–water partition coefficient (Wildman–Crippen LogP) is 10.9. The summed E-state index contributed by atoms with van der Waals surface area (Å²) in [6.45, 7) is 5.88. The largest absolute Gasteiger partial charge is 0.487 e. The Morgan fingerprint density at radius 1 is 0.667 bits per heavy atom. The summed E-state index contributed by atoms with van der Waals surface area (Å²) in [5.74, 6) is -1.66. The maximum Gasteiger partial charge on any atom is 0.307 e. The third-order valence-corrected chi connectivity index (χ3v) is 8.68. The Balaban J connectivity index is 0.000000276. The van der Waals surface area contributed by atoms with Crippen LogP contribution in [0, 0.1) is 11.6 Å². The molecule has 14 heteroatoms. The summed E-state index contributed by atoms with van der Waals surface area (Å²) >= 11 is 19.2. The Bertz CT molecular complexity index is 1770. The number of carboxylic acids is 2. The summed E-state index contributed by atoms with van der Waals surface area (Å²) in [4.78, 5) is 21.5. The molecule has 0 radical (unpaired) electrons. The van der Waals surface area contributed by atoms with Gasteiger partial charge in [-0.2, -0.15) is 0 Å². The van der Waals surface area contributed by atoms with Crippen LogP contribution in [0.25, 0.3) is 0 Å². The first kappa shape index (κ1) is 41.8. The fourth-order valence-corrected chi connectivity index (χ4v) is 6.85. The van der Waals surface area contributed by atoms with E-state index < -0.39 is 11.9 Å². The Morgan fingerprint density at radius 2 is 1.14 bits per heavy atom. The topological polar surface area (TPSA) is 117 Å². The van der Waals surface area contributed by atoms with E-state index in [9.17, 15) is 18.4 Å². The van der Waals surface area contributed by atoms with Crippen LogP contribution in [0.15, 0.2) is 69.6 Å². The molecule has 0 aliphatic heterocycles. The maximum atomic E-state index is 13.8. The molecule has 0 aliphatic carbocycles. The molecule has 4 N–H and O–H groups in total. The molecule has 8 nitrogen and oxygen atoms in total. The molecule has 0 bridgehead atoms. The zero-order valence-corrected chi connectivity index (χ0v) is 32.6. The first-order valence-corrected chi connectivity index (χ1v) is 18.3. The summed E-state index contributed by atoms with van der Waals surface area (Å²) in [6.07, 6.45) is 2.20. The molecular formula is C37H38Br2Cl2F2N2O6. The first-order valence-electron chi connectivity index (χ1n) is 16.0. The lowest BCUT2D eigenvalue weighted by atomic mass is 10.1. The van der Waals surface area contributed by atoms with Gasteiger partial charge in [0.2, 0.25) is 0 Å². The van der Waals surface area contributed by atoms with Crippen molar-refractivity contribution in [2.24, 2.45) is 0 Å². The summed E-state index contributed by atoms with van der Waals surface area (Å²) < 4.78 is 40.4. The molecule has 0 fully saturated rings. The predicted molar refractivity (Wildman–Crippen MR) is 205 cm³/mol. The SMILES string of the molecule is CCCNc1cc(F)cc(COc2c(Br)cc(CCC(=O)O)cc2Br)c1.CCCNc1cc(F)cc(COc2c(Cl)cc(CC(=O)O)cc2Cl)c1. The molecule has 0 heterocycles. The van der Waals surface area contributed by atoms with Gasteiger partial charge in [-0.3, -0.25) is 9.59 Å². The van der Waals surface area contributed by atoms with E-state index >= 15 is 0 Å². The van der Waals surface area contributed by atoms with Crippen molar-refractivity contribution in [2.75, 3.05) is 23.7 Å². The van der Waals surface area contributed by atoms with E-state index in [1.54, 1.807) is 6.07 Å². The van der Waals surface area contributed by atoms with Crippen molar-refractivity contribution in [2.45, 2.75) is 59.2 Å². The average Bonchev–Trinajstić information content (AvgIpc) is 3.04. The van der Waals surface area contributed by atoms with Gasteiger partial charge in [0, 0.05) is 30.9 Å². The third-order valence-electron chi connectivity index (χ3n) is 6.94. The van der Waals surface area contributed by atoms with Crippen molar-refractivity contribution >= 4 is 78.4 Å². The van der Waals surface area contributed by atoms with Crippen LogP contribution in [-0.4, -0.2) is 35.2 Å². The lowest BCUT2D eigenvalue weighted by Gasteiger charge is -2.13. The fraction of sp³-hybridized carbons (Fsp3) is 0.297. The molecule has 0 amide bonds. The molecule has 0 saturated heterocycles. The quantitative estimate of drug-likeness (QED) is 0.0829. The Kier molecular flexibility index (Phi) is 17.3. The number of halogens is 6. The van der Waals surface area contributed by atoms with E-state index in [0.717, 1.165) is 42.7 Å². The van der Waals surface area contributed by atoms with Crippen molar-refractivity contribution in [1.82, 2.24) is 0 Å². The number of ether oxygens (including phenoxy) is 2. The lowest BCUT2D eigenvalue weighted by Crippen LogP contribution is -2.03. The molecule has 51 heavy (non-hydrogen) atoms. The summed E-state index contributed by atoms with van der Waals surface area (Å²) in [5, 5.41) is 24.3. The summed E-state index contributed by atoms with van der Waals surface area (Å²) in [5.41, 5.74) is 4.11. The van der Waals surface area contributed by atoms with Crippen molar-refractivity contribution in [3.05, 3.63) is 114 Å². The van der Waals surface area contributed by atoms with Crippen LogP contribution in [0.5, 0.6) is 11.5 Å². The number of carbonyl (C=O) groups is 2. The normalized spacial score (nSPS) is 10.6. The molecule has 0 unspecified atom stereocenters. The molecular weight excluding hydrogens is 837 g/mol. The van der Waals surface area contributed by atoms with Gasteiger partial charge < -0.3 is 30.3 Å². The highest BCUT2D eigenvalue weighted by atomic mass is 79.9. The molecule has 274 valence electrons. The molecule has 0 spiro atoms. The molecule has 0 saturated carbocycles. The van der Waals surface area contributed by atoms with Gasteiger partial charge in [0.25, 0.3) is 0 Å². The van der Waals surface area contributed by atoms with E-state index in [4.69, 9.17) is 42.9 Å². The third kappa shape index (κ3) is 14.5. The van der Waals surface area contributed by atoms with E-state index in [2.05, 4.69) is 42.5 Å². The minimum Gasteiger partial charge on any atom is -0.487 e. The first-order chi connectivity index (χ1) is 24.3.